The standard InChI is InChI=1S/C16H12N2OS2/c1-9-3-5-14(20-9)11-7-13(15-6-4-10(2)21-15)18-16(19)12(11)8-17/h3-7H,1-2H3,(H,18,19). The average molecular weight is 312 g/mol. The van der Waals surface area contributed by atoms with Crippen LogP contribution in [0.15, 0.2) is 35.1 Å². The normalized spacial score (nSPS) is 10.5. The average Bonchev–Trinajstić information content (AvgIpc) is 3.06. The van der Waals surface area contributed by atoms with Crippen molar-refractivity contribution in [3.05, 3.63) is 56.0 Å². The van der Waals surface area contributed by atoms with Gasteiger partial charge in [0.15, 0.2) is 0 Å². The van der Waals surface area contributed by atoms with E-state index in [0.29, 0.717) is 5.56 Å². The van der Waals surface area contributed by atoms with Gasteiger partial charge < -0.3 is 4.98 Å². The number of aromatic nitrogens is 1. The van der Waals surface area contributed by atoms with Gasteiger partial charge in [0.1, 0.15) is 11.6 Å². The van der Waals surface area contributed by atoms with Crippen molar-refractivity contribution >= 4 is 22.7 Å². The van der Waals surface area contributed by atoms with E-state index in [1.807, 2.05) is 50.2 Å². The summed E-state index contributed by atoms with van der Waals surface area (Å²) in [4.78, 5) is 19.3. The maximum Gasteiger partial charge on any atom is 0.267 e. The number of hydrogen-bond acceptors (Lipinski definition) is 4. The first-order valence-electron chi connectivity index (χ1n) is 6.39. The van der Waals surface area contributed by atoms with E-state index in [1.54, 1.807) is 22.7 Å². The molecule has 3 nitrogen and oxygen atoms in total. The second kappa shape index (κ2) is 5.32. The van der Waals surface area contributed by atoms with Gasteiger partial charge in [0.05, 0.1) is 10.6 Å². The Bertz CT molecular complexity index is 909. The summed E-state index contributed by atoms with van der Waals surface area (Å²) in [5.74, 6) is 0. The van der Waals surface area contributed by atoms with Gasteiger partial charge in [-0.15, -0.1) is 22.7 Å². The van der Waals surface area contributed by atoms with Crippen LogP contribution in [0.25, 0.3) is 21.0 Å². The van der Waals surface area contributed by atoms with Gasteiger partial charge >= 0.3 is 0 Å². The number of nitriles is 1. The van der Waals surface area contributed by atoms with Crippen molar-refractivity contribution in [1.82, 2.24) is 4.98 Å². The zero-order chi connectivity index (χ0) is 15.0. The number of H-pyrrole nitrogens is 1. The molecule has 0 aliphatic carbocycles. The van der Waals surface area contributed by atoms with E-state index >= 15 is 0 Å². The summed E-state index contributed by atoms with van der Waals surface area (Å²) in [7, 11) is 0. The van der Waals surface area contributed by atoms with Crippen LogP contribution in [0.2, 0.25) is 0 Å². The van der Waals surface area contributed by atoms with Crippen molar-refractivity contribution < 1.29 is 0 Å². The van der Waals surface area contributed by atoms with E-state index in [-0.39, 0.29) is 11.1 Å². The minimum absolute atomic E-state index is 0.175. The van der Waals surface area contributed by atoms with Crippen LogP contribution in [-0.2, 0) is 0 Å². The van der Waals surface area contributed by atoms with Gasteiger partial charge in [0.2, 0.25) is 0 Å². The molecule has 0 unspecified atom stereocenters. The van der Waals surface area contributed by atoms with Gasteiger partial charge in [0, 0.05) is 20.2 Å². The minimum atomic E-state index is -0.331. The van der Waals surface area contributed by atoms with E-state index in [1.165, 1.54) is 4.88 Å². The fraction of sp³-hybridized carbons (Fsp3) is 0.125. The molecule has 0 saturated carbocycles. The molecule has 3 rings (SSSR count). The van der Waals surface area contributed by atoms with Crippen molar-refractivity contribution in [2.45, 2.75) is 13.8 Å². The van der Waals surface area contributed by atoms with Gasteiger partial charge in [-0.1, -0.05) is 0 Å². The summed E-state index contributed by atoms with van der Waals surface area (Å²) in [6, 6.07) is 11.9. The Morgan fingerprint density at radius 2 is 1.67 bits per heavy atom. The zero-order valence-electron chi connectivity index (χ0n) is 11.6. The van der Waals surface area contributed by atoms with Crippen molar-refractivity contribution in [2.75, 3.05) is 0 Å². The number of nitrogens with one attached hydrogen (secondary N) is 1. The van der Waals surface area contributed by atoms with Crippen LogP contribution in [0.3, 0.4) is 0 Å². The van der Waals surface area contributed by atoms with Gasteiger partial charge in [0.25, 0.3) is 5.56 Å². The van der Waals surface area contributed by atoms with Crippen LogP contribution in [0.5, 0.6) is 0 Å². The highest BCUT2D eigenvalue weighted by Gasteiger charge is 2.14. The van der Waals surface area contributed by atoms with Gasteiger partial charge in [-0.25, -0.2) is 0 Å². The van der Waals surface area contributed by atoms with Crippen LogP contribution in [-0.4, -0.2) is 4.98 Å². The molecule has 0 aromatic carbocycles. The smallest absolute Gasteiger partial charge is 0.267 e. The summed E-state index contributed by atoms with van der Waals surface area (Å²) >= 11 is 3.21. The highest BCUT2D eigenvalue weighted by atomic mass is 32.1. The van der Waals surface area contributed by atoms with E-state index in [2.05, 4.69) is 4.98 Å². The maximum absolute atomic E-state index is 12.2. The minimum Gasteiger partial charge on any atom is -0.320 e. The largest absolute Gasteiger partial charge is 0.320 e. The molecule has 21 heavy (non-hydrogen) atoms. The molecule has 3 heterocycles. The SMILES string of the molecule is Cc1ccc(-c2cc(-c3ccc(C)s3)c(C#N)c(=O)[nH]2)s1. The number of aromatic amines is 1. The molecular formula is C16H12N2OS2. The molecule has 0 amide bonds. The highest BCUT2D eigenvalue weighted by molar-refractivity contribution is 7.15. The topological polar surface area (TPSA) is 56.6 Å². The fourth-order valence-corrected chi connectivity index (χ4v) is 3.89. The highest BCUT2D eigenvalue weighted by Crippen LogP contribution is 2.33. The lowest BCUT2D eigenvalue weighted by molar-refractivity contribution is 1.23. The molecule has 3 aromatic heterocycles. The summed E-state index contributed by atoms with van der Waals surface area (Å²) in [6.07, 6.45) is 0. The Balaban J connectivity index is 2.25. The van der Waals surface area contributed by atoms with E-state index < -0.39 is 0 Å². The Morgan fingerprint density at radius 3 is 2.19 bits per heavy atom. The number of nitrogens with zero attached hydrogens (tertiary/aromatic N) is 1. The summed E-state index contributed by atoms with van der Waals surface area (Å²) in [6.45, 7) is 4.04. The van der Waals surface area contributed by atoms with E-state index in [4.69, 9.17) is 0 Å². The van der Waals surface area contributed by atoms with Gasteiger partial charge in [-0.3, -0.25) is 4.79 Å². The molecule has 0 fully saturated rings. The molecular weight excluding hydrogens is 300 g/mol. The van der Waals surface area contributed by atoms with E-state index in [0.717, 1.165) is 20.3 Å². The Labute approximate surface area is 130 Å². The molecule has 0 saturated heterocycles. The second-order valence-corrected chi connectivity index (χ2v) is 7.31. The van der Waals surface area contributed by atoms with Crippen LogP contribution in [0.1, 0.15) is 15.3 Å². The molecule has 1 N–H and O–H groups in total. The number of rotatable bonds is 2. The Morgan fingerprint density at radius 1 is 1.05 bits per heavy atom. The molecule has 0 aliphatic heterocycles. The lowest BCUT2D eigenvalue weighted by Gasteiger charge is -2.04. The lowest BCUT2D eigenvalue weighted by Crippen LogP contribution is -2.12. The third-order valence-electron chi connectivity index (χ3n) is 3.16. The van der Waals surface area contributed by atoms with Gasteiger partial charge in [-0.2, -0.15) is 5.26 Å². The molecule has 0 radical (unpaired) electrons. The molecule has 0 spiro atoms. The third kappa shape index (κ3) is 2.56. The van der Waals surface area contributed by atoms with Crippen LogP contribution < -0.4 is 5.56 Å². The Kier molecular flexibility index (Phi) is 3.50. The molecule has 0 aliphatic rings. The number of hydrogen-bond donors (Lipinski definition) is 1. The second-order valence-electron chi connectivity index (χ2n) is 4.73. The van der Waals surface area contributed by atoms with Gasteiger partial charge in [-0.05, 0) is 44.2 Å². The quantitative estimate of drug-likeness (QED) is 0.766. The molecule has 104 valence electrons. The summed E-state index contributed by atoms with van der Waals surface area (Å²) < 4.78 is 0. The molecule has 0 atom stereocenters. The molecule has 3 aromatic rings. The van der Waals surface area contributed by atoms with Crippen molar-refractivity contribution in [2.24, 2.45) is 0 Å². The zero-order valence-corrected chi connectivity index (χ0v) is 13.2. The summed E-state index contributed by atoms with van der Waals surface area (Å²) in [5.41, 5.74) is 1.31. The van der Waals surface area contributed by atoms with Crippen LogP contribution >= 0.6 is 22.7 Å². The number of pyridine rings is 1. The monoisotopic (exact) mass is 312 g/mol. The maximum atomic E-state index is 12.2. The lowest BCUT2D eigenvalue weighted by atomic mass is 10.1. The molecule has 5 heteroatoms. The molecule has 0 bridgehead atoms. The first-order chi connectivity index (χ1) is 10.1. The van der Waals surface area contributed by atoms with E-state index in [9.17, 15) is 10.1 Å². The summed E-state index contributed by atoms with van der Waals surface area (Å²) in [5, 5.41) is 9.27. The van der Waals surface area contributed by atoms with Crippen LogP contribution in [0, 0.1) is 25.2 Å². The Hall–Kier alpha value is -2.16. The number of thiophene rings is 2. The first kappa shape index (κ1) is 13.8. The number of aryl methyl sites for hydroxylation is 2. The van der Waals surface area contributed by atoms with Crippen molar-refractivity contribution in [1.29, 1.82) is 5.26 Å². The third-order valence-corrected chi connectivity index (χ3v) is 5.22. The fourth-order valence-electron chi connectivity index (χ4n) is 2.16. The predicted octanol–water partition coefficient (Wildman–Crippen LogP) is 4.32. The van der Waals surface area contributed by atoms with Crippen LogP contribution in [0.4, 0.5) is 0 Å². The van der Waals surface area contributed by atoms with Crippen molar-refractivity contribution in [3.8, 4) is 27.1 Å². The predicted molar refractivity (Wildman–Crippen MR) is 87.9 cm³/mol. The first-order valence-corrected chi connectivity index (χ1v) is 8.03. The van der Waals surface area contributed by atoms with Crippen molar-refractivity contribution in [3.63, 3.8) is 0 Å².